The lowest BCUT2D eigenvalue weighted by Crippen LogP contribution is -2.21. The molecular weight excluding hydrogens is 281 g/mol. The molecule has 1 N–H and O–H groups in total. The standard InChI is InChI=1S/C14H21BrFN/c1-4-10(5-2)9-13(17-3)11-7-6-8-12(15)14(11)16/h6-8,10,13,17H,4-5,9H2,1-3H3. The van der Waals surface area contributed by atoms with Crippen molar-refractivity contribution in [2.45, 2.75) is 39.2 Å². The van der Waals surface area contributed by atoms with Crippen molar-refractivity contribution in [1.29, 1.82) is 0 Å². The molecule has 1 unspecified atom stereocenters. The van der Waals surface area contributed by atoms with E-state index in [4.69, 9.17) is 0 Å². The summed E-state index contributed by atoms with van der Waals surface area (Å²) in [5.41, 5.74) is 0.758. The Morgan fingerprint density at radius 3 is 2.47 bits per heavy atom. The van der Waals surface area contributed by atoms with E-state index in [-0.39, 0.29) is 11.9 Å². The zero-order valence-electron chi connectivity index (χ0n) is 10.8. The van der Waals surface area contributed by atoms with Gasteiger partial charge < -0.3 is 5.32 Å². The Bertz CT molecular complexity index is 350. The molecule has 0 aromatic heterocycles. The fourth-order valence-corrected chi connectivity index (χ4v) is 2.53. The van der Waals surface area contributed by atoms with Gasteiger partial charge in [-0.3, -0.25) is 0 Å². The number of rotatable bonds is 6. The molecule has 0 heterocycles. The summed E-state index contributed by atoms with van der Waals surface area (Å²) in [7, 11) is 1.90. The van der Waals surface area contributed by atoms with Gasteiger partial charge in [-0.15, -0.1) is 0 Å². The summed E-state index contributed by atoms with van der Waals surface area (Å²) in [6.45, 7) is 4.39. The molecule has 0 saturated heterocycles. The molecule has 0 amide bonds. The lowest BCUT2D eigenvalue weighted by atomic mass is 9.91. The van der Waals surface area contributed by atoms with Gasteiger partial charge in [0.25, 0.3) is 0 Å². The van der Waals surface area contributed by atoms with Gasteiger partial charge in [0.2, 0.25) is 0 Å². The molecule has 0 aliphatic carbocycles. The first-order valence-corrected chi connectivity index (χ1v) is 7.04. The average molecular weight is 302 g/mol. The van der Waals surface area contributed by atoms with E-state index < -0.39 is 0 Å². The van der Waals surface area contributed by atoms with Gasteiger partial charge >= 0.3 is 0 Å². The third-order valence-electron chi connectivity index (χ3n) is 3.43. The van der Waals surface area contributed by atoms with E-state index in [9.17, 15) is 4.39 Å². The van der Waals surface area contributed by atoms with E-state index in [1.165, 1.54) is 0 Å². The SMILES string of the molecule is CCC(CC)CC(NC)c1cccc(Br)c1F. The second kappa shape index (κ2) is 7.12. The number of benzene rings is 1. The van der Waals surface area contributed by atoms with Gasteiger partial charge in [0.15, 0.2) is 0 Å². The highest BCUT2D eigenvalue weighted by atomic mass is 79.9. The van der Waals surface area contributed by atoms with Crippen LogP contribution in [0.25, 0.3) is 0 Å². The molecule has 0 spiro atoms. The summed E-state index contributed by atoms with van der Waals surface area (Å²) >= 11 is 3.24. The molecule has 0 aliphatic heterocycles. The first-order chi connectivity index (χ1) is 8.13. The Labute approximate surface area is 112 Å². The first kappa shape index (κ1) is 14.7. The van der Waals surface area contributed by atoms with Crippen LogP contribution in [0.15, 0.2) is 22.7 Å². The maximum Gasteiger partial charge on any atom is 0.142 e. The minimum absolute atomic E-state index is 0.0948. The van der Waals surface area contributed by atoms with Crippen LogP contribution < -0.4 is 5.32 Å². The molecule has 0 bridgehead atoms. The van der Waals surface area contributed by atoms with Crippen LogP contribution in [-0.2, 0) is 0 Å². The topological polar surface area (TPSA) is 12.0 Å². The zero-order chi connectivity index (χ0) is 12.8. The molecule has 1 rings (SSSR count). The van der Waals surface area contributed by atoms with Gasteiger partial charge in [-0.05, 0) is 41.4 Å². The summed E-state index contributed by atoms with van der Waals surface area (Å²) in [6, 6.07) is 5.59. The number of hydrogen-bond acceptors (Lipinski definition) is 1. The van der Waals surface area contributed by atoms with Crippen LogP contribution in [0.2, 0.25) is 0 Å². The van der Waals surface area contributed by atoms with E-state index in [2.05, 4.69) is 35.1 Å². The van der Waals surface area contributed by atoms with Crippen molar-refractivity contribution in [3.63, 3.8) is 0 Å². The van der Waals surface area contributed by atoms with Gasteiger partial charge in [0.05, 0.1) is 4.47 Å². The van der Waals surface area contributed by atoms with Crippen molar-refractivity contribution >= 4 is 15.9 Å². The molecule has 1 atom stereocenters. The molecule has 96 valence electrons. The minimum atomic E-state index is -0.141. The van der Waals surface area contributed by atoms with Crippen molar-refractivity contribution in [3.8, 4) is 0 Å². The lowest BCUT2D eigenvalue weighted by molar-refractivity contribution is 0.377. The predicted octanol–water partition coefficient (Wildman–Crippen LogP) is 4.68. The normalized spacial score (nSPS) is 13.1. The lowest BCUT2D eigenvalue weighted by Gasteiger charge is -2.22. The van der Waals surface area contributed by atoms with Crippen LogP contribution >= 0.6 is 15.9 Å². The summed E-state index contributed by atoms with van der Waals surface area (Å²) in [5.74, 6) is 0.503. The predicted molar refractivity (Wildman–Crippen MR) is 74.6 cm³/mol. The number of halogens is 2. The average Bonchev–Trinajstić information content (AvgIpc) is 2.35. The molecule has 0 radical (unpaired) electrons. The van der Waals surface area contributed by atoms with E-state index in [1.807, 2.05) is 19.2 Å². The summed E-state index contributed by atoms with van der Waals surface area (Å²) in [5, 5.41) is 3.22. The van der Waals surface area contributed by atoms with Crippen molar-refractivity contribution < 1.29 is 4.39 Å². The highest BCUT2D eigenvalue weighted by Crippen LogP contribution is 2.29. The third kappa shape index (κ3) is 3.78. The Balaban J connectivity index is 2.89. The molecule has 0 saturated carbocycles. The van der Waals surface area contributed by atoms with Crippen LogP contribution in [0, 0.1) is 11.7 Å². The molecule has 0 aliphatic rings. The van der Waals surface area contributed by atoms with Crippen molar-refractivity contribution in [3.05, 3.63) is 34.1 Å². The monoisotopic (exact) mass is 301 g/mol. The number of nitrogens with one attached hydrogen (secondary N) is 1. The van der Waals surface area contributed by atoms with Crippen LogP contribution in [0.5, 0.6) is 0 Å². The smallest absolute Gasteiger partial charge is 0.142 e. The largest absolute Gasteiger partial charge is 0.313 e. The fourth-order valence-electron chi connectivity index (χ4n) is 2.15. The highest BCUT2D eigenvalue weighted by molar-refractivity contribution is 9.10. The van der Waals surface area contributed by atoms with Gasteiger partial charge in [-0.1, -0.05) is 38.8 Å². The zero-order valence-corrected chi connectivity index (χ0v) is 12.3. The first-order valence-electron chi connectivity index (χ1n) is 6.25. The molecule has 17 heavy (non-hydrogen) atoms. The van der Waals surface area contributed by atoms with Gasteiger partial charge in [-0.2, -0.15) is 0 Å². The van der Waals surface area contributed by atoms with E-state index >= 15 is 0 Å². The fraction of sp³-hybridized carbons (Fsp3) is 0.571. The van der Waals surface area contributed by atoms with E-state index in [1.54, 1.807) is 6.07 Å². The van der Waals surface area contributed by atoms with Crippen molar-refractivity contribution in [2.75, 3.05) is 7.05 Å². The Morgan fingerprint density at radius 1 is 1.29 bits per heavy atom. The summed E-state index contributed by atoms with van der Waals surface area (Å²) in [6.07, 6.45) is 3.27. The summed E-state index contributed by atoms with van der Waals surface area (Å²) in [4.78, 5) is 0. The minimum Gasteiger partial charge on any atom is -0.313 e. The maximum absolute atomic E-state index is 14.0. The molecule has 0 fully saturated rings. The molecule has 3 heteroatoms. The quantitative estimate of drug-likeness (QED) is 0.805. The number of hydrogen-bond donors (Lipinski definition) is 1. The second-order valence-corrected chi connectivity index (χ2v) is 5.26. The molecular formula is C14H21BrFN. The highest BCUT2D eigenvalue weighted by Gasteiger charge is 2.18. The van der Waals surface area contributed by atoms with Crippen molar-refractivity contribution in [1.82, 2.24) is 5.32 Å². The third-order valence-corrected chi connectivity index (χ3v) is 4.04. The Kier molecular flexibility index (Phi) is 6.14. The van der Waals surface area contributed by atoms with Crippen LogP contribution in [0.3, 0.4) is 0 Å². The van der Waals surface area contributed by atoms with Crippen LogP contribution in [0.4, 0.5) is 4.39 Å². The van der Waals surface area contributed by atoms with Crippen LogP contribution in [-0.4, -0.2) is 7.05 Å². The Hall–Kier alpha value is -0.410. The van der Waals surface area contributed by atoms with E-state index in [0.717, 1.165) is 24.8 Å². The Morgan fingerprint density at radius 2 is 1.94 bits per heavy atom. The molecule has 1 aromatic carbocycles. The molecule has 1 nitrogen and oxygen atoms in total. The van der Waals surface area contributed by atoms with Gasteiger partial charge in [-0.25, -0.2) is 4.39 Å². The van der Waals surface area contributed by atoms with Gasteiger partial charge in [0, 0.05) is 11.6 Å². The van der Waals surface area contributed by atoms with E-state index in [0.29, 0.717) is 10.4 Å². The molecule has 1 aromatic rings. The van der Waals surface area contributed by atoms with Crippen molar-refractivity contribution in [2.24, 2.45) is 5.92 Å². The summed E-state index contributed by atoms with van der Waals surface area (Å²) < 4.78 is 14.6. The van der Waals surface area contributed by atoms with Crippen LogP contribution in [0.1, 0.15) is 44.7 Å². The maximum atomic E-state index is 14.0. The van der Waals surface area contributed by atoms with Gasteiger partial charge in [0.1, 0.15) is 5.82 Å². The second-order valence-electron chi connectivity index (χ2n) is 4.40.